The molecule has 124 valence electrons. The van der Waals surface area contributed by atoms with Crippen LogP contribution in [0.3, 0.4) is 0 Å². The first-order chi connectivity index (χ1) is 11.4. The van der Waals surface area contributed by atoms with Gasteiger partial charge in [-0.05, 0) is 17.7 Å². The van der Waals surface area contributed by atoms with Crippen LogP contribution in [0.5, 0.6) is 0 Å². The van der Waals surface area contributed by atoms with Gasteiger partial charge in [-0.3, -0.25) is 4.90 Å². The van der Waals surface area contributed by atoms with Crippen LogP contribution < -0.4 is 5.32 Å². The van der Waals surface area contributed by atoms with E-state index in [2.05, 4.69) is 77.8 Å². The molecule has 0 fully saturated rings. The molecule has 0 aliphatic rings. The largest absolute Gasteiger partial charge is 0.315 e. The van der Waals surface area contributed by atoms with E-state index in [4.69, 9.17) is 0 Å². The number of benzene rings is 2. The summed E-state index contributed by atoms with van der Waals surface area (Å²) in [6.07, 6.45) is 0. The average molecular weight is 329 g/mol. The van der Waals surface area contributed by atoms with E-state index in [1.54, 1.807) is 0 Å². The maximum absolute atomic E-state index is 3.56. The molecule has 0 unspecified atom stereocenters. The SMILES string of the molecule is CCN(CCNCCSCc1ccccc1)Cc1ccccc1. The fourth-order valence-electron chi connectivity index (χ4n) is 2.46. The molecule has 2 rings (SSSR count). The summed E-state index contributed by atoms with van der Waals surface area (Å²) in [4.78, 5) is 2.49. The Bertz CT molecular complexity index is 516. The Morgan fingerprint density at radius 2 is 1.52 bits per heavy atom. The standard InChI is InChI=1S/C20H28N2S/c1-2-22(17-19-9-5-3-6-10-19)15-13-21-14-16-23-18-20-11-7-4-8-12-20/h3-12,21H,2,13-18H2,1H3. The molecule has 1 N–H and O–H groups in total. The molecule has 0 bridgehead atoms. The van der Waals surface area contributed by atoms with E-state index in [1.165, 1.54) is 16.9 Å². The van der Waals surface area contributed by atoms with Gasteiger partial charge < -0.3 is 5.32 Å². The summed E-state index contributed by atoms with van der Waals surface area (Å²) in [7, 11) is 0. The van der Waals surface area contributed by atoms with Crippen molar-refractivity contribution in [2.45, 2.75) is 19.2 Å². The molecule has 0 aromatic heterocycles. The van der Waals surface area contributed by atoms with Crippen molar-refractivity contribution < 1.29 is 0 Å². The minimum absolute atomic E-state index is 1.04. The molecule has 0 amide bonds. The van der Waals surface area contributed by atoms with Gasteiger partial charge in [-0.15, -0.1) is 0 Å². The van der Waals surface area contributed by atoms with Gasteiger partial charge in [-0.1, -0.05) is 67.6 Å². The molecule has 0 spiro atoms. The van der Waals surface area contributed by atoms with E-state index in [-0.39, 0.29) is 0 Å². The Hall–Kier alpha value is -1.29. The number of nitrogens with one attached hydrogen (secondary N) is 1. The first kappa shape index (κ1) is 18.1. The number of rotatable bonds is 11. The fraction of sp³-hybridized carbons (Fsp3) is 0.400. The highest BCUT2D eigenvalue weighted by Crippen LogP contribution is 2.10. The van der Waals surface area contributed by atoms with E-state index in [0.29, 0.717) is 0 Å². The smallest absolute Gasteiger partial charge is 0.0234 e. The summed E-state index contributed by atoms with van der Waals surface area (Å²) in [5.41, 5.74) is 2.81. The fourth-order valence-corrected chi connectivity index (χ4v) is 3.32. The van der Waals surface area contributed by atoms with Crippen molar-refractivity contribution in [3.63, 3.8) is 0 Å². The Labute approximate surface area is 145 Å². The van der Waals surface area contributed by atoms with Gasteiger partial charge in [0, 0.05) is 37.7 Å². The summed E-state index contributed by atoms with van der Waals surface area (Å²) in [6.45, 7) is 7.63. The first-order valence-corrected chi connectivity index (χ1v) is 9.62. The first-order valence-electron chi connectivity index (χ1n) is 8.47. The van der Waals surface area contributed by atoms with Crippen LogP contribution in [0.2, 0.25) is 0 Å². The van der Waals surface area contributed by atoms with Crippen LogP contribution in [-0.4, -0.2) is 36.8 Å². The van der Waals surface area contributed by atoms with E-state index >= 15 is 0 Å². The normalized spacial score (nSPS) is 11.0. The Kier molecular flexibility index (Phi) is 8.85. The molecule has 2 aromatic rings. The molecule has 0 saturated heterocycles. The second-order valence-electron chi connectivity index (χ2n) is 5.64. The number of thioether (sulfide) groups is 1. The van der Waals surface area contributed by atoms with Crippen LogP contribution >= 0.6 is 11.8 Å². The molecule has 0 radical (unpaired) electrons. The lowest BCUT2D eigenvalue weighted by atomic mass is 10.2. The van der Waals surface area contributed by atoms with E-state index in [0.717, 1.165) is 38.5 Å². The predicted octanol–water partition coefficient (Wildman–Crippen LogP) is 4.03. The number of likely N-dealkylation sites (N-methyl/N-ethyl adjacent to an activating group) is 1. The zero-order valence-electron chi connectivity index (χ0n) is 14.1. The highest BCUT2D eigenvalue weighted by atomic mass is 32.2. The monoisotopic (exact) mass is 328 g/mol. The van der Waals surface area contributed by atoms with Gasteiger partial charge >= 0.3 is 0 Å². The summed E-state index contributed by atoms with van der Waals surface area (Å²) in [5.74, 6) is 2.28. The van der Waals surface area contributed by atoms with Crippen LogP contribution in [0.1, 0.15) is 18.1 Å². The molecule has 0 heterocycles. The number of hydrogen-bond acceptors (Lipinski definition) is 3. The van der Waals surface area contributed by atoms with Crippen molar-refractivity contribution in [2.24, 2.45) is 0 Å². The van der Waals surface area contributed by atoms with Gasteiger partial charge in [0.2, 0.25) is 0 Å². The van der Waals surface area contributed by atoms with Crippen LogP contribution in [0.25, 0.3) is 0 Å². The molecule has 23 heavy (non-hydrogen) atoms. The second-order valence-corrected chi connectivity index (χ2v) is 6.75. The second kappa shape index (κ2) is 11.3. The number of hydrogen-bond donors (Lipinski definition) is 1. The molecular weight excluding hydrogens is 300 g/mol. The maximum atomic E-state index is 3.56. The molecule has 2 aromatic carbocycles. The van der Waals surface area contributed by atoms with Gasteiger partial charge in [-0.2, -0.15) is 11.8 Å². The van der Waals surface area contributed by atoms with Crippen molar-refractivity contribution in [3.05, 3.63) is 71.8 Å². The zero-order chi connectivity index (χ0) is 16.2. The van der Waals surface area contributed by atoms with Crippen LogP contribution in [0.15, 0.2) is 60.7 Å². The molecule has 0 saturated carbocycles. The predicted molar refractivity (Wildman–Crippen MR) is 103 cm³/mol. The number of nitrogens with zero attached hydrogens (tertiary/aromatic N) is 1. The van der Waals surface area contributed by atoms with E-state index < -0.39 is 0 Å². The molecule has 3 heteroatoms. The van der Waals surface area contributed by atoms with Crippen molar-refractivity contribution in [3.8, 4) is 0 Å². The van der Waals surface area contributed by atoms with Crippen molar-refractivity contribution in [1.82, 2.24) is 10.2 Å². The summed E-state index contributed by atoms with van der Waals surface area (Å²) >= 11 is 2.00. The van der Waals surface area contributed by atoms with Crippen LogP contribution in [0.4, 0.5) is 0 Å². The summed E-state index contributed by atoms with van der Waals surface area (Å²) < 4.78 is 0. The highest BCUT2D eigenvalue weighted by Gasteiger charge is 2.02. The Balaban J connectivity index is 1.52. The van der Waals surface area contributed by atoms with Crippen molar-refractivity contribution >= 4 is 11.8 Å². The van der Waals surface area contributed by atoms with E-state index in [1.807, 2.05) is 11.8 Å². The average Bonchev–Trinajstić information content (AvgIpc) is 2.61. The topological polar surface area (TPSA) is 15.3 Å². The van der Waals surface area contributed by atoms with Gasteiger partial charge in [0.25, 0.3) is 0 Å². The lowest BCUT2D eigenvalue weighted by Gasteiger charge is -2.20. The third-order valence-electron chi connectivity index (χ3n) is 3.84. The highest BCUT2D eigenvalue weighted by molar-refractivity contribution is 7.98. The maximum Gasteiger partial charge on any atom is 0.0234 e. The van der Waals surface area contributed by atoms with Crippen molar-refractivity contribution in [2.75, 3.05) is 31.9 Å². The lowest BCUT2D eigenvalue weighted by molar-refractivity contribution is 0.280. The molecular formula is C20H28N2S. The Morgan fingerprint density at radius 1 is 0.870 bits per heavy atom. The van der Waals surface area contributed by atoms with Crippen molar-refractivity contribution in [1.29, 1.82) is 0 Å². The quantitative estimate of drug-likeness (QED) is 0.627. The van der Waals surface area contributed by atoms with Gasteiger partial charge in [0.1, 0.15) is 0 Å². The van der Waals surface area contributed by atoms with Gasteiger partial charge in [0.15, 0.2) is 0 Å². The zero-order valence-corrected chi connectivity index (χ0v) is 14.9. The van der Waals surface area contributed by atoms with Crippen LogP contribution in [0, 0.1) is 0 Å². The Morgan fingerprint density at radius 3 is 2.17 bits per heavy atom. The third-order valence-corrected chi connectivity index (χ3v) is 4.87. The molecule has 2 nitrogen and oxygen atoms in total. The van der Waals surface area contributed by atoms with Gasteiger partial charge in [0.05, 0.1) is 0 Å². The minimum Gasteiger partial charge on any atom is -0.315 e. The summed E-state index contributed by atoms with van der Waals surface area (Å²) in [6, 6.07) is 21.4. The summed E-state index contributed by atoms with van der Waals surface area (Å²) in [5, 5.41) is 3.56. The van der Waals surface area contributed by atoms with Gasteiger partial charge in [-0.25, -0.2) is 0 Å². The minimum atomic E-state index is 1.04. The molecule has 0 atom stereocenters. The lowest BCUT2D eigenvalue weighted by Crippen LogP contribution is -2.32. The van der Waals surface area contributed by atoms with E-state index in [9.17, 15) is 0 Å². The molecule has 0 aliphatic carbocycles. The van der Waals surface area contributed by atoms with Crippen LogP contribution in [-0.2, 0) is 12.3 Å². The molecule has 0 aliphatic heterocycles. The third kappa shape index (κ3) is 7.69.